The van der Waals surface area contributed by atoms with Crippen molar-refractivity contribution in [2.45, 2.75) is 26.8 Å². The number of rotatable bonds is 3. The number of carbonyl (C=O) groups excluding carboxylic acids is 1. The van der Waals surface area contributed by atoms with Gasteiger partial charge in [0.05, 0.1) is 0 Å². The van der Waals surface area contributed by atoms with Crippen LogP contribution in [0.2, 0.25) is 0 Å². The van der Waals surface area contributed by atoms with Crippen LogP contribution in [0.1, 0.15) is 31.1 Å². The van der Waals surface area contributed by atoms with Gasteiger partial charge in [0.25, 0.3) is 5.91 Å². The Hall–Kier alpha value is -2.10. The van der Waals surface area contributed by atoms with E-state index >= 15 is 0 Å². The number of hydrogen-bond acceptors (Lipinski definition) is 3. The SMILES string of the molecule is CC(C)C(C)NC(=O)c1cc2ccccc2oc1=O. The van der Waals surface area contributed by atoms with Gasteiger partial charge < -0.3 is 9.73 Å². The van der Waals surface area contributed by atoms with Crippen molar-refractivity contribution in [2.24, 2.45) is 5.92 Å². The molecule has 0 fully saturated rings. The zero-order valence-corrected chi connectivity index (χ0v) is 11.3. The normalized spacial score (nSPS) is 12.6. The number of carbonyl (C=O) groups is 1. The Morgan fingerprint density at radius 3 is 2.58 bits per heavy atom. The molecule has 1 aromatic heterocycles. The van der Waals surface area contributed by atoms with E-state index in [0.29, 0.717) is 11.5 Å². The van der Waals surface area contributed by atoms with E-state index in [1.54, 1.807) is 24.3 Å². The van der Waals surface area contributed by atoms with Gasteiger partial charge >= 0.3 is 5.63 Å². The van der Waals surface area contributed by atoms with Gasteiger partial charge in [-0.05, 0) is 25.0 Å². The first kappa shape index (κ1) is 13.3. The summed E-state index contributed by atoms with van der Waals surface area (Å²) in [6.07, 6.45) is 0. The van der Waals surface area contributed by atoms with E-state index in [0.717, 1.165) is 5.39 Å². The molecule has 19 heavy (non-hydrogen) atoms. The molecular formula is C15H17NO3. The molecule has 1 heterocycles. The molecule has 0 aliphatic heterocycles. The molecule has 1 unspecified atom stereocenters. The third-order valence-corrected chi connectivity index (χ3v) is 3.24. The number of benzene rings is 1. The molecule has 1 N–H and O–H groups in total. The molecule has 2 rings (SSSR count). The average molecular weight is 259 g/mol. The highest BCUT2D eigenvalue weighted by molar-refractivity contribution is 5.96. The molecule has 0 saturated heterocycles. The van der Waals surface area contributed by atoms with Crippen molar-refractivity contribution in [3.05, 3.63) is 46.3 Å². The molecule has 0 aliphatic carbocycles. The molecule has 0 spiro atoms. The minimum atomic E-state index is -0.604. The molecule has 1 amide bonds. The Balaban J connectivity index is 2.37. The van der Waals surface area contributed by atoms with Crippen molar-refractivity contribution in [1.29, 1.82) is 0 Å². The van der Waals surface area contributed by atoms with Crippen LogP contribution >= 0.6 is 0 Å². The molecule has 0 radical (unpaired) electrons. The van der Waals surface area contributed by atoms with E-state index in [1.807, 2.05) is 26.8 Å². The van der Waals surface area contributed by atoms with E-state index in [-0.39, 0.29) is 17.5 Å². The summed E-state index contributed by atoms with van der Waals surface area (Å²) in [4.78, 5) is 23.9. The van der Waals surface area contributed by atoms with Gasteiger partial charge in [0.1, 0.15) is 11.1 Å². The van der Waals surface area contributed by atoms with E-state index < -0.39 is 5.63 Å². The first-order chi connectivity index (χ1) is 8.99. The van der Waals surface area contributed by atoms with Crippen LogP contribution in [0.3, 0.4) is 0 Å². The second-order valence-corrected chi connectivity index (χ2v) is 4.99. The summed E-state index contributed by atoms with van der Waals surface area (Å²) in [5.41, 5.74) is -0.0701. The lowest BCUT2D eigenvalue weighted by Gasteiger charge is -2.16. The summed E-state index contributed by atoms with van der Waals surface area (Å²) in [7, 11) is 0. The molecule has 4 heteroatoms. The van der Waals surface area contributed by atoms with Gasteiger partial charge in [-0.1, -0.05) is 32.0 Å². The van der Waals surface area contributed by atoms with E-state index in [1.165, 1.54) is 0 Å². The van der Waals surface area contributed by atoms with Crippen LogP contribution in [0.15, 0.2) is 39.5 Å². The predicted molar refractivity (Wildman–Crippen MR) is 74.3 cm³/mol. The summed E-state index contributed by atoms with van der Waals surface area (Å²) >= 11 is 0. The maximum atomic E-state index is 12.1. The molecule has 0 aliphatic rings. The highest BCUT2D eigenvalue weighted by Crippen LogP contribution is 2.12. The zero-order valence-electron chi connectivity index (χ0n) is 11.3. The Morgan fingerprint density at radius 2 is 1.89 bits per heavy atom. The molecule has 100 valence electrons. The Morgan fingerprint density at radius 1 is 1.21 bits per heavy atom. The van der Waals surface area contributed by atoms with E-state index in [2.05, 4.69) is 5.32 Å². The van der Waals surface area contributed by atoms with Crippen molar-refractivity contribution in [3.63, 3.8) is 0 Å². The number of para-hydroxylation sites is 1. The third kappa shape index (κ3) is 2.84. The monoisotopic (exact) mass is 259 g/mol. The highest BCUT2D eigenvalue weighted by Gasteiger charge is 2.17. The Bertz CT molecular complexity index is 658. The molecule has 1 atom stereocenters. The number of nitrogens with one attached hydrogen (secondary N) is 1. The molecular weight excluding hydrogens is 242 g/mol. The second-order valence-electron chi connectivity index (χ2n) is 4.99. The van der Waals surface area contributed by atoms with E-state index in [9.17, 15) is 9.59 Å². The van der Waals surface area contributed by atoms with Crippen LogP contribution < -0.4 is 10.9 Å². The van der Waals surface area contributed by atoms with Gasteiger partial charge in [-0.15, -0.1) is 0 Å². The lowest BCUT2D eigenvalue weighted by molar-refractivity contribution is 0.0927. The molecule has 1 aromatic carbocycles. The Labute approximate surface area is 111 Å². The van der Waals surface area contributed by atoms with E-state index in [4.69, 9.17) is 4.42 Å². The minimum Gasteiger partial charge on any atom is -0.422 e. The Kier molecular flexibility index (Phi) is 3.69. The quantitative estimate of drug-likeness (QED) is 0.862. The zero-order chi connectivity index (χ0) is 14.0. The van der Waals surface area contributed by atoms with Crippen LogP contribution in [0.5, 0.6) is 0 Å². The van der Waals surface area contributed by atoms with Gasteiger partial charge in [0.2, 0.25) is 0 Å². The molecule has 4 nitrogen and oxygen atoms in total. The summed E-state index contributed by atoms with van der Waals surface area (Å²) in [6.45, 7) is 5.92. The largest absolute Gasteiger partial charge is 0.422 e. The van der Waals surface area contributed by atoms with Gasteiger partial charge in [0.15, 0.2) is 0 Å². The fourth-order valence-electron chi connectivity index (χ4n) is 1.67. The fourth-order valence-corrected chi connectivity index (χ4v) is 1.67. The number of fused-ring (bicyclic) bond motifs is 1. The lowest BCUT2D eigenvalue weighted by Crippen LogP contribution is -2.38. The number of hydrogen-bond donors (Lipinski definition) is 1. The van der Waals surface area contributed by atoms with Gasteiger partial charge in [-0.3, -0.25) is 4.79 Å². The maximum absolute atomic E-state index is 12.1. The average Bonchev–Trinajstić information content (AvgIpc) is 2.37. The highest BCUT2D eigenvalue weighted by atomic mass is 16.4. The van der Waals surface area contributed by atoms with Crippen LogP contribution in [-0.2, 0) is 0 Å². The smallest absolute Gasteiger partial charge is 0.349 e. The fraction of sp³-hybridized carbons (Fsp3) is 0.333. The maximum Gasteiger partial charge on any atom is 0.349 e. The van der Waals surface area contributed by atoms with Crippen LogP contribution in [0.25, 0.3) is 11.0 Å². The van der Waals surface area contributed by atoms with Crippen molar-refractivity contribution in [1.82, 2.24) is 5.32 Å². The predicted octanol–water partition coefficient (Wildman–Crippen LogP) is 2.57. The summed E-state index contributed by atoms with van der Waals surface area (Å²) < 4.78 is 5.14. The third-order valence-electron chi connectivity index (χ3n) is 3.24. The molecule has 0 saturated carbocycles. The van der Waals surface area contributed by atoms with Crippen LogP contribution in [0.4, 0.5) is 0 Å². The topological polar surface area (TPSA) is 59.3 Å². The van der Waals surface area contributed by atoms with Crippen molar-refractivity contribution in [3.8, 4) is 0 Å². The van der Waals surface area contributed by atoms with Gasteiger partial charge in [-0.25, -0.2) is 4.79 Å². The number of amides is 1. The summed E-state index contributed by atoms with van der Waals surface area (Å²) in [6, 6.07) is 8.70. The molecule has 2 aromatic rings. The first-order valence-corrected chi connectivity index (χ1v) is 6.33. The lowest BCUT2D eigenvalue weighted by atomic mass is 10.1. The van der Waals surface area contributed by atoms with Gasteiger partial charge in [-0.2, -0.15) is 0 Å². The second kappa shape index (κ2) is 5.26. The van der Waals surface area contributed by atoms with Crippen LogP contribution in [-0.4, -0.2) is 11.9 Å². The standard InChI is InChI=1S/C15H17NO3/c1-9(2)10(3)16-14(17)12-8-11-6-4-5-7-13(11)19-15(12)18/h4-10H,1-3H3,(H,16,17). The molecule has 0 bridgehead atoms. The summed E-state index contributed by atoms with van der Waals surface area (Å²) in [5, 5.41) is 3.54. The minimum absolute atomic E-state index is 0.00151. The van der Waals surface area contributed by atoms with Crippen molar-refractivity contribution in [2.75, 3.05) is 0 Å². The van der Waals surface area contributed by atoms with Crippen molar-refractivity contribution >= 4 is 16.9 Å². The van der Waals surface area contributed by atoms with Crippen molar-refractivity contribution < 1.29 is 9.21 Å². The summed E-state index contributed by atoms with van der Waals surface area (Å²) in [5.74, 6) is -0.0860. The first-order valence-electron chi connectivity index (χ1n) is 6.33. The van der Waals surface area contributed by atoms with Gasteiger partial charge in [0, 0.05) is 11.4 Å². The van der Waals surface area contributed by atoms with Crippen LogP contribution in [0, 0.1) is 5.92 Å².